The number of carbonyl (C=O) groups is 1. The summed E-state index contributed by atoms with van der Waals surface area (Å²) in [6.07, 6.45) is 7.54. The summed E-state index contributed by atoms with van der Waals surface area (Å²) in [5, 5.41) is 31.5. The number of aryl methyl sites for hydroxylation is 2. The first-order valence-corrected chi connectivity index (χ1v) is 10.4. The number of methoxy groups -OCH3 is 1. The Hall–Kier alpha value is -3.49. The predicted molar refractivity (Wildman–Crippen MR) is 118 cm³/mol. The number of hydrogen-bond donors (Lipinski definition) is 4. The summed E-state index contributed by atoms with van der Waals surface area (Å²) in [6.45, 7) is 0.969. The molecular weight excluding hydrogens is 396 g/mol. The van der Waals surface area contributed by atoms with Gasteiger partial charge in [-0.1, -0.05) is 6.07 Å². The van der Waals surface area contributed by atoms with E-state index >= 15 is 0 Å². The van der Waals surface area contributed by atoms with Crippen molar-refractivity contribution in [2.24, 2.45) is 0 Å². The molecule has 3 heterocycles. The van der Waals surface area contributed by atoms with Crippen molar-refractivity contribution in [3.63, 3.8) is 0 Å². The van der Waals surface area contributed by atoms with Gasteiger partial charge < -0.3 is 25.9 Å². The van der Waals surface area contributed by atoms with Crippen molar-refractivity contribution in [1.29, 1.82) is 5.41 Å². The van der Waals surface area contributed by atoms with Gasteiger partial charge >= 0.3 is 5.97 Å². The number of carboxylic acid groups (broad SMARTS) is 1. The Balaban J connectivity index is 1.47. The highest BCUT2D eigenvalue weighted by Gasteiger charge is 2.16. The Morgan fingerprint density at radius 2 is 2.23 bits per heavy atom. The minimum absolute atomic E-state index is 0.156. The van der Waals surface area contributed by atoms with Crippen LogP contribution in [-0.2, 0) is 17.6 Å². The van der Waals surface area contributed by atoms with Crippen LogP contribution in [0.15, 0.2) is 36.5 Å². The second kappa shape index (κ2) is 11.1. The van der Waals surface area contributed by atoms with Gasteiger partial charge in [-0.05, 0) is 62.1 Å². The van der Waals surface area contributed by atoms with E-state index in [2.05, 4.69) is 37.9 Å². The fraction of sp³-hybridized carbons (Fsp3) is 0.409. The Morgan fingerprint density at radius 1 is 1.35 bits per heavy atom. The molecule has 9 heteroatoms. The average molecular weight is 425 g/mol. The van der Waals surface area contributed by atoms with Gasteiger partial charge in [0.05, 0.1) is 25.3 Å². The second-order valence-electron chi connectivity index (χ2n) is 7.37. The molecule has 9 nitrogen and oxygen atoms in total. The molecule has 0 aromatic carbocycles. The molecular formula is C22H28N6O3. The van der Waals surface area contributed by atoms with Crippen molar-refractivity contribution >= 4 is 17.5 Å². The van der Waals surface area contributed by atoms with E-state index in [1.54, 1.807) is 24.4 Å². The molecule has 1 unspecified atom stereocenters. The van der Waals surface area contributed by atoms with E-state index in [1.165, 1.54) is 12.7 Å². The van der Waals surface area contributed by atoms with Gasteiger partial charge in [-0.15, -0.1) is 10.2 Å². The smallest absolute Gasteiger partial charge is 0.305 e. The summed E-state index contributed by atoms with van der Waals surface area (Å²) in [4.78, 5) is 15.9. The molecule has 164 valence electrons. The summed E-state index contributed by atoms with van der Waals surface area (Å²) < 4.78 is 4.98. The number of nitrogens with one attached hydrogen (secondary N) is 3. The van der Waals surface area contributed by atoms with Crippen LogP contribution < -0.4 is 15.4 Å². The molecule has 0 radical (unpaired) electrons. The number of aromatic nitrogens is 3. The Bertz CT molecular complexity index is 929. The number of pyridine rings is 1. The molecule has 2 aromatic heterocycles. The fourth-order valence-electron chi connectivity index (χ4n) is 3.36. The normalized spacial score (nSPS) is 13.8. The maximum atomic E-state index is 11.2. The lowest BCUT2D eigenvalue weighted by Crippen LogP contribution is -2.21. The molecule has 0 fully saturated rings. The lowest BCUT2D eigenvalue weighted by atomic mass is 10.1. The molecule has 1 aliphatic rings. The van der Waals surface area contributed by atoms with Gasteiger partial charge in [-0.2, -0.15) is 0 Å². The van der Waals surface area contributed by atoms with E-state index in [1.807, 2.05) is 0 Å². The standard InChI is InChI=1S/C22H28N6O3/c1-31-20-10-9-18(27-28-20)19(14-21(29)30)24-13-11-16(23)5-2-6-17-8-7-15-4-3-12-25-22(15)26-17/h7-11,13,19,23-24H,2-6,12,14H2,1H3,(H,25,26)(H,29,30)/b13-11-,23-16?. The minimum atomic E-state index is -0.953. The number of fused-ring (bicyclic) bond motifs is 1. The summed E-state index contributed by atoms with van der Waals surface area (Å²) in [5.41, 5.74) is 3.25. The molecule has 4 N–H and O–H groups in total. The van der Waals surface area contributed by atoms with Crippen LogP contribution in [0.2, 0.25) is 0 Å². The van der Waals surface area contributed by atoms with E-state index in [4.69, 9.17) is 15.3 Å². The first-order valence-electron chi connectivity index (χ1n) is 10.4. The van der Waals surface area contributed by atoms with Crippen LogP contribution in [-0.4, -0.2) is 45.6 Å². The number of rotatable bonds is 11. The molecule has 0 aliphatic carbocycles. The maximum Gasteiger partial charge on any atom is 0.305 e. The molecule has 0 spiro atoms. The first-order chi connectivity index (χ1) is 15.0. The van der Waals surface area contributed by atoms with Gasteiger partial charge in [0.2, 0.25) is 5.88 Å². The molecule has 0 saturated heterocycles. The zero-order valence-corrected chi connectivity index (χ0v) is 17.6. The minimum Gasteiger partial charge on any atom is -0.481 e. The molecule has 31 heavy (non-hydrogen) atoms. The number of allylic oxidation sites excluding steroid dienone is 1. The largest absolute Gasteiger partial charge is 0.481 e. The van der Waals surface area contributed by atoms with Crippen molar-refractivity contribution in [2.75, 3.05) is 19.0 Å². The van der Waals surface area contributed by atoms with E-state index in [0.29, 0.717) is 23.7 Å². The second-order valence-corrected chi connectivity index (χ2v) is 7.37. The van der Waals surface area contributed by atoms with E-state index in [9.17, 15) is 4.79 Å². The molecule has 0 saturated carbocycles. The van der Waals surface area contributed by atoms with Crippen LogP contribution in [0, 0.1) is 5.41 Å². The number of aliphatic carboxylic acids is 1. The van der Waals surface area contributed by atoms with Crippen molar-refractivity contribution in [1.82, 2.24) is 20.5 Å². The van der Waals surface area contributed by atoms with Crippen LogP contribution in [0.1, 0.15) is 48.7 Å². The topological polar surface area (TPSA) is 133 Å². The van der Waals surface area contributed by atoms with Gasteiger partial charge in [0.15, 0.2) is 0 Å². The van der Waals surface area contributed by atoms with Crippen molar-refractivity contribution in [3.05, 3.63) is 53.5 Å². The maximum absolute atomic E-state index is 11.2. The fourth-order valence-corrected chi connectivity index (χ4v) is 3.36. The molecule has 0 bridgehead atoms. The lowest BCUT2D eigenvalue weighted by molar-refractivity contribution is -0.137. The number of carboxylic acids is 1. The van der Waals surface area contributed by atoms with Crippen LogP contribution in [0.4, 0.5) is 5.82 Å². The van der Waals surface area contributed by atoms with Crippen LogP contribution in [0.5, 0.6) is 5.88 Å². The summed E-state index contributed by atoms with van der Waals surface area (Å²) >= 11 is 0. The molecule has 1 atom stereocenters. The summed E-state index contributed by atoms with van der Waals surface area (Å²) in [5.74, 6) is 0.402. The van der Waals surface area contributed by atoms with Crippen LogP contribution >= 0.6 is 0 Å². The van der Waals surface area contributed by atoms with E-state index in [0.717, 1.165) is 43.7 Å². The zero-order valence-electron chi connectivity index (χ0n) is 17.6. The van der Waals surface area contributed by atoms with E-state index in [-0.39, 0.29) is 6.42 Å². The third-order valence-electron chi connectivity index (χ3n) is 5.02. The third kappa shape index (κ3) is 6.77. The SMILES string of the molecule is COc1ccc(C(CC(=O)O)N/C=C\C(=N)CCCc2ccc3c(n2)NCCC3)nn1. The van der Waals surface area contributed by atoms with Gasteiger partial charge in [-0.25, -0.2) is 4.98 Å². The Kier molecular flexibility index (Phi) is 7.91. The number of nitrogens with zero attached hydrogens (tertiary/aromatic N) is 3. The number of hydrogen-bond acceptors (Lipinski definition) is 8. The average Bonchev–Trinajstić information content (AvgIpc) is 2.78. The summed E-state index contributed by atoms with van der Waals surface area (Å²) in [6, 6.07) is 6.97. The van der Waals surface area contributed by atoms with Crippen LogP contribution in [0.3, 0.4) is 0 Å². The highest BCUT2D eigenvalue weighted by molar-refractivity contribution is 5.92. The first kappa shape index (κ1) is 22.2. The van der Waals surface area contributed by atoms with Crippen molar-refractivity contribution in [2.45, 2.75) is 44.6 Å². The third-order valence-corrected chi connectivity index (χ3v) is 5.02. The quantitative estimate of drug-likeness (QED) is 0.405. The number of anilines is 1. The van der Waals surface area contributed by atoms with Crippen LogP contribution in [0.25, 0.3) is 0 Å². The zero-order chi connectivity index (χ0) is 22.1. The lowest BCUT2D eigenvalue weighted by Gasteiger charge is -2.17. The van der Waals surface area contributed by atoms with E-state index < -0.39 is 12.0 Å². The Labute approximate surface area is 181 Å². The van der Waals surface area contributed by atoms with Gasteiger partial charge in [0.1, 0.15) is 5.82 Å². The molecule has 1 aliphatic heterocycles. The highest BCUT2D eigenvalue weighted by Crippen LogP contribution is 2.20. The van der Waals surface area contributed by atoms with Crippen molar-refractivity contribution in [3.8, 4) is 5.88 Å². The molecule has 3 rings (SSSR count). The van der Waals surface area contributed by atoms with Crippen molar-refractivity contribution < 1.29 is 14.6 Å². The van der Waals surface area contributed by atoms with Gasteiger partial charge in [0, 0.05) is 24.0 Å². The molecule has 2 aromatic rings. The number of ether oxygens (including phenoxy) is 1. The van der Waals surface area contributed by atoms with Gasteiger partial charge in [0.25, 0.3) is 0 Å². The highest BCUT2D eigenvalue weighted by atomic mass is 16.5. The monoisotopic (exact) mass is 424 g/mol. The summed E-state index contributed by atoms with van der Waals surface area (Å²) in [7, 11) is 1.49. The van der Waals surface area contributed by atoms with Gasteiger partial charge in [-0.3, -0.25) is 4.79 Å². The molecule has 0 amide bonds. The Morgan fingerprint density at radius 3 is 2.97 bits per heavy atom. The predicted octanol–water partition coefficient (Wildman–Crippen LogP) is 2.90.